The van der Waals surface area contributed by atoms with Crippen LogP contribution < -0.4 is 10.6 Å². The van der Waals surface area contributed by atoms with Crippen LogP contribution in [0.1, 0.15) is 40.5 Å². The Morgan fingerprint density at radius 1 is 1.12 bits per heavy atom. The van der Waals surface area contributed by atoms with Gasteiger partial charge in [-0.1, -0.05) is 32.9 Å². The van der Waals surface area contributed by atoms with Gasteiger partial charge in [0.25, 0.3) is 5.91 Å². The van der Waals surface area contributed by atoms with E-state index in [-0.39, 0.29) is 31.4 Å². The number of aliphatic hydroxyl groups excluding tert-OH is 3. The largest absolute Gasteiger partial charge is 0.464 e. The van der Waals surface area contributed by atoms with Gasteiger partial charge >= 0.3 is 5.97 Å². The van der Waals surface area contributed by atoms with Crippen molar-refractivity contribution in [3.8, 4) is 12.3 Å². The fraction of sp³-hybridized carbons (Fsp3) is 0.682. The molecule has 10 nitrogen and oxygen atoms in total. The molecule has 2 amide bonds. The van der Waals surface area contributed by atoms with Crippen molar-refractivity contribution in [3.05, 3.63) is 12.2 Å². The highest BCUT2D eigenvalue weighted by molar-refractivity contribution is 5.89. The maximum absolute atomic E-state index is 12.4. The molecule has 0 aliphatic rings. The topological polar surface area (TPSA) is 154 Å². The minimum atomic E-state index is -1.75. The van der Waals surface area contributed by atoms with Crippen LogP contribution in [0.2, 0.25) is 0 Å². The molecule has 0 aliphatic heterocycles. The highest BCUT2D eigenvalue weighted by Crippen LogP contribution is 2.17. The molecule has 0 heterocycles. The number of rotatable bonds is 13. The highest BCUT2D eigenvalue weighted by atomic mass is 16.5. The average Bonchev–Trinajstić information content (AvgIpc) is 2.72. The quantitative estimate of drug-likeness (QED) is 0.105. The Morgan fingerprint density at radius 3 is 2.28 bits per heavy atom. The number of hydrogen-bond acceptors (Lipinski definition) is 8. The van der Waals surface area contributed by atoms with E-state index in [4.69, 9.17) is 15.9 Å². The molecule has 182 valence electrons. The molecule has 10 heteroatoms. The van der Waals surface area contributed by atoms with Crippen molar-refractivity contribution in [2.45, 2.75) is 71.0 Å². The van der Waals surface area contributed by atoms with Gasteiger partial charge in [-0.05, 0) is 12.3 Å². The normalized spacial score (nSPS) is 16.3. The lowest BCUT2D eigenvalue weighted by molar-refractivity contribution is -0.150. The SMILES string of the molecule is C#CCCC(=O)OCCNC(=O)[C@H](C)NC(=O)[C@H](OC)[C@H](O)[C@@H](O)[C@H](O)/C=C/C(C)(C)C. The fourth-order valence-corrected chi connectivity index (χ4v) is 2.38. The second-order valence-electron chi connectivity index (χ2n) is 8.30. The number of esters is 1. The molecule has 0 fully saturated rings. The van der Waals surface area contributed by atoms with E-state index in [0.717, 1.165) is 7.11 Å². The second-order valence-corrected chi connectivity index (χ2v) is 8.30. The van der Waals surface area contributed by atoms with Gasteiger partial charge in [0.15, 0.2) is 6.10 Å². The molecule has 5 N–H and O–H groups in total. The number of terminal acetylenes is 1. The van der Waals surface area contributed by atoms with Gasteiger partial charge < -0.3 is 35.4 Å². The zero-order valence-electron chi connectivity index (χ0n) is 19.3. The molecule has 0 saturated heterocycles. The number of amides is 2. The van der Waals surface area contributed by atoms with Crippen LogP contribution in [-0.4, -0.2) is 83.8 Å². The predicted molar refractivity (Wildman–Crippen MR) is 117 cm³/mol. The molecule has 0 aromatic heterocycles. The van der Waals surface area contributed by atoms with Crippen molar-refractivity contribution < 1.29 is 39.2 Å². The molecular weight excluding hydrogens is 420 g/mol. The minimum Gasteiger partial charge on any atom is -0.464 e. The van der Waals surface area contributed by atoms with Gasteiger partial charge in [0, 0.05) is 13.5 Å². The van der Waals surface area contributed by atoms with Crippen molar-refractivity contribution in [2.24, 2.45) is 5.41 Å². The van der Waals surface area contributed by atoms with Gasteiger partial charge in [-0.2, -0.15) is 0 Å². The first-order valence-corrected chi connectivity index (χ1v) is 10.3. The monoisotopic (exact) mass is 456 g/mol. The van der Waals surface area contributed by atoms with Gasteiger partial charge in [-0.3, -0.25) is 14.4 Å². The maximum Gasteiger partial charge on any atom is 0.306 e. The summed E-state index contributed by atoms with van der Waals surface area (Å²) < 4.78 is 9.85. The van der Waals surface area contributed by atoms with Crippen LogP contribution in [0.4, 0.5) is 0 Å². The minimum absolute atomic E-state index is 0.0299. The van der Waals surface area contributed by atoms with Gasteiger partial charge in [0.05, 0.1) is 13.0 Å². The van der Waals surface area contributed by atoms with Crippen LogP contribution in [0.15, 0.2) is 12.2 Å². The van der Waals surface area contributed by atoms with E-state index in [1.807, 2.05) is 20.8 Å². The lowest BCUT2D eigenvalue weighted by Gasteiger charge is -2.28. The summed E-state index contributed by atoms with van der Waals surface area (Å²) in [7, 11) is 1.15. The van der Waals surface area contributed by atoms with Crippen molar-refractivity contribution in [3.63, 3.8) is 0 Å². The molecular formula is C22H36N2O8. The Balaban J connectivity index is 4.67. The van der Waals surface area contributed by atoms with Crippen LogP contribution in [0.25, 0.3) is 0 Å². The molecule has 0 aromatic rings. The zero-order valence-corrected chi connectivity index (χ0v) is 19.3. The van der Waals surface area contributed by atoms with Crippen LogP contribution in [0.5, 0.6) is 0 Å². The first kappa shape index (κ1) is 29.5. The number of carbonyl (C=O) groups is 3. The molecule has 32 heavy (non-hydrogen) atoms. The lowest BCUT2D eigenvalue weighted by Crippen LogP contribution is -2.55. The standard InChI is InChI=1S/C22H36N2O8/c1-7-8-9-16(26)32-13-12-23-20(29)14(2)24-21(30)19(31-6)18(28)17(27)15(25)10-11-22(3,4)5/h1,10-11,14-15,17-19,25,27-28H,8-9,12-13H2,2-6H3,(H,23,29)(H,24,30)/b11-10+/t14-,15+,17-,18+,19+/m0/s1. The van der Waals surface area contributed by atoms with E-state index in [9.17, 15) is 29.7 Å². The molecule has 0 spiro atoms. The van der Waals surface area contributed by atoms with E-state index in [1.165, 1.54) is 13.0 Å². The van der Waals surface area contributed by atoms with Gasteiger partial charge in [0.2, 0.25) is 5.91 Å². The van der Waals surface area contributed by atoms with Crippen LogP contribution in [0.3, 0.4) is 0 Å². The predicted octanol–water partition coefficient (Wildman–Crippen LogP) is -0.736. The molecule has 0 aliphatic carbocycles. The number of ether oxygens (including phenoxy) is 2. The van der Waals surface area contributed by atoms with Gasteiger partial charge in [0.1, 0.15) is 31.0 Å². The summed E-state index contributed by atoms with van der Waals surface area (Å²) in [5.41, 5.74) is -0.257. The third-order valence-corrected chi connectivity index (χ3v) is 4.21. The van der Waals surface area contributed by atoms with Crippen LogP contribution in [-0.2, 0) is 23.9 Å². The Bertz CT molecular complexity index is 680. The molecule has 0 unspecified atom stereocenters. The summed E-state index contributed by atoms with van der Waals surface area (Å²) in [4.78, 5) is 35.8. The van der Waals surface area contributed by atoms with E-state index in [1.54, 1.807) is 6.08 Å². The van der Waals surface area contributed by atoms with E-state index >= 15 is 0 Å². The maximum atomic E-state index is 12.4. The third kappa shape index (κ3) is 11.8. The first-order chi connectivity index (χ1) is 14.8. The molecule has 0 rings (SSSR count). The number of carbonyl (C=O) groups excluding carboxylic acids is 3. The summed E-state index contributed by atoms with van der Waals surface area (Å²) >= 11 is 0. The molecule has 0 saturated carbocycles. The van der Waals surface area contributed by atoms with E-state index in [2.05, 4.69) is 16.6 Å². The average molecular weight is 457 g/mol. The van der Waals surface area contributed by atoms with Crippen molar-refractivity contribution >= 4 is 17.8 Å². The third-order valence-electron chi connectivity index (χ3n) is 4.21. The molecule has 0 aromatic carbocycles. The van der Waals surface area contributed by atoms with E-state index < -0.39 is 48.2 Å². The Hall–Kier alpha value is -2.45. The summed E-state index contributed by atoms with van der Waals surface area (Å²) in [6, 6.07) is -1.01. The van der Waals surface area contributed by atoms with Crippen molar-refractivity contribution in [1.82, 2.24) is 10.6 Å². The van der Waals surface area contributed by atoms with Crippen molar-refractivity contribution in [2.75, 3.05) is 20.3 Å². The van der Waals surface area contributed by atoms with Gasteiger partial charge in [-0.15, -0.1) is 12.3 Å². The van der Waals surface area contributed by atoms with E-state index in [0.29, 0.717) is 0 Å². The Morgan fingerprint density at radius 2 is 1.75 bits per heavy atom. The Kier molecular flexibility index (Phi) is 13.5. The fourth-order valence-electron chi connectivity index (χ4n) is 2.38. The molecule has 0 bridgehead atoms. The molecule has 0 radical (unpaired) electrons. The number of aliphatic hydroxyl groups is 3. The summed E-state index contributed by atoms with van der Waals surface area (Å²) in [5, 5.41) is 35.4. The Labute approximate surface area is 189 Å². The zero-order chi connectivity index (χ0) is 24.9. The summed E-state index contributed by atoms with van der Waals surface area (Å²) in [6.07, 6.45) is 1.98. The number of allylic oxidation sites excluding steroid dienone is 1. The smallest absolute Gasteiger partial charge is 0.306 e. The first-order valence-electron chi connectivity index (χ1n) is 10.3. The van der Waals surface area contributed by atoms with Crippen LogP contribution >= 0.6 is 0 Å². The van der Waals surface area contributed by atoms with Crippen molar-refractivity contribution in [1.29, 1.82) is 0 Å². The second kappa shape index (κ2) is 14.6. The highest BCUT2D eigenvalue weighted by Gasteiger charge is 2.36. The number of methoxy groups -OCH3 is 1. The lowest BCUT2D eigenvalue weighted by atomic mass is 9.94. The summed E-state index contributed by atoms with van der Waals surface area (Å²) in [5.74, 6) is 0.426. The number of nitrogens with one attached hydrogen (secondary N) is 2. The number of hydrogen-bond donors (Lipinski definition) is 5. The molecule has 5 atom stereocenters. The summed E-state index contributed by atoms with van der Waals surface area (Å²) in [6.45, 7) is 7.05. The van der Waals surface area contributed by atoms with Gasteiger partial charge in [-0.25, -0.2) is 0 Å². The van der Waals surface area contributed by atoms with Crippen LogP contribution in [0, 0.1) is 17.8 Å².